The van der Waals surface area contributed by atoms with Crippen LogP contribution < -0.4 is 5.32 Å². The second-order valence-electron chi connectivity index (χ2n) is 3.83. The lowest BCUT2D eigenvalue weighted by atomic mass is 10.1. The first-order chi connectivity index (χ1) is 7.61. The van der Waals surface area contributed by atoms with Gasteiger partial charge in [-0.15, -0.1) is 0 Å². The Labute approximate surface area is 95.9 Å². The molecule has 0 heterocycles. The molecule has 0 saturated heterocycles. The largest absolute Gasteiger partial charge is 0.349 e. The van der Waals surface area contributed by atoms with Crippen LogP contribution >= 0.6 is 0 Å². The minimum absolute atomic E-state index is 0.0327. The van der Waals surface area contributed by atoms with Crippen molar-refractivity contribution < 1.29 is 9.59 Å². The fourth-order valence-electron chi connectivity index (χ4n) is 1.36. The van der Waals surface area contributed by atoms with Gasteiger partial charge in [0.2, 0.25) is 5.91 Å². The van der Waals surface area contributed by atoms with Gasteiger partial charge in [-0.2, -0.15) is 0 Å². The molecule has 0 saturated carbocycles. The van der Waals surface area contributed by atoms with Crippen molar-refractivity contribution in [2.75, 3.05) is 6.54 Å². The van der Waals surface area contributed by atoms with E-state index < -0.39 is 0 Å². The molecule has 0 bridgehead atoms. The number of hydrogen-bond acceptors (Lipinski definition) is 2. The summed E-state index contributed by atoms with van der Waals surface area (Å²) in [5.41, 5.74) is 2.23. The molecule has 0 aromatic heterocycles. The van der Waals surface area contributed by atoms with Crippen molar-refractivity contribution >= 4 is 11.7 Å². The first kappa shape index (κ1) is 12.4. The van der Waals surface area contributed by atoms with E-state index in [1.54, 1.807) is 0 Å². The van der Waals surface area contributed by atoms with Crippen LogP contribution in [0.1, 0.15) is 25.0 Å². The van der Waals surface area contributed by atoms with Crippen LogP contribution in [0.5, 0.6) is 0 Å². The fourth-order valence-corrected chi connectivity index (χ4v) is 1.36. The van der Waals surface area contributed by atoms with Gasteiger partial charge in [0.15, 0.2) is 0 Å². The molecule has 0 unspecified atom stereocenters. The van der Waals surface area contributed by atoms with E-state index in [0.29, 0.717) is 6.42 Å². The molecule has 1 amide bonds. The number of aryl methyl sites for hydroxylation is 1. The maximum atomic E-state index is 11.4. The quantitative estimate of drug-likeness (QED) is 0.815. The van der Waals surface area contributed by atoms with Crippen LogP contribution in [0.4, 0.5) is 0 Å². The van der Waals surface area contributed by atoms with Crippen molar-refractivity contribution in [2.24, 2.45) is 0 Å². The van der Waals surface area contributed by atoms with Gasteiger partial charge in [0, 0.05) is 0 Å². The molecule has 1 rings (SSSR count). The second kappa shape index (κ2) is 6.05. The third-order valence-electron chi connectivity index (χ3n) is 2.33. The van der Waals surface area contributed by atoms with Gasteiger partial charge < -0.3 is 5.32 Å². The molecule has 1 aromatic carbocycles. The summed E-state index contributed by atoms with van der Waals surface area (Å²) in [6.45, 7) is 3.66. The third-order valence-corrected chi connectivity index (χ3v) is 2.33. The molecule has 0 aliphatic heterocycles. The van der Waals surface area contributed by atoms with Gasteiger partial charge in [0.05, 0.1) is 13.0 Å². The number of carbonyl (C=O) groups is 2. The van der Waals surface area contributed by atoms with E-state index in [0.717, 1.165) is 12.0 Å². The maximum absolute atomic E-state index is 11.4. The Balaban J connectivity index is 2.46. The van der Waals surface area contributed by atoms with Crippen LogP contribution in [-0.4, -0.2) is 18.2 Å². The van der Waals surface area contributed by atoms with E-state index >= 15 is 0 Å². The van der Waals surface area contributed by atoms with Crippen molar-refractivity contribution in [2.45, 2.75) is 26.7 Å². The van der Waals surface area contributed by atoms with Gasteiger partial charge in [-0.05, 0) is 24.5 Å². The number of carbonyl (C=O) groups excluding carboxylic acids is 2. The molecular formula is C13H17NO2. The summed E-state index contributed by atoms with van der Waals surface area (Å²) in [5.74, 6) is -0.144. The minimum Gasteiger partial charge on any atom is -0.349 e. The van der Waals surface area contributed by atoms with Crippen LogP contribution in [0.2, 0.25) is 0 Å². The smallest absolute Gasteiger partial charge is 0.224 e. The molecule has 86 valence electrons. The van der Waals surface area contributed by atoms with E-state index in [1.807, 2.05) is 24.3 Å². The van der Waals surface area contributed by atoms with Crippen LogP contribution in [0.15, 0.2) is 24.3 Å². The zero-order valence-electron chi connectivity index (χ0n) is 9.75. The summed E-state index contributed by atoms with van der Waals surface area (Å²) >= 11 is 0. The van der Waals surface area contributed by atoms with Gasteiger partial charge in [0.1, 0.15) is 5.78 Å². The molecule has 16 heavy (non-hydrogen) atoms. The number of benzene rings is 1. The Bertz CT molecular complexity index is 368. The number of amides is 1. The Hall–Kier alpha value is -1.64. The SMILES string of the molecule is CCc1ccc(CC(=O)NCC(C)=O)cc1. The maximum Gasteiger partial charge on any atom is 0.224 e. The predicted octanol–water partition coefficient (Wildman–Crippen LogP) is 1.50. The fraction of sp³-hybridized carbons (Fsp3) is 0.385. The van der Waals surface area contributed by atoms with Gasteiger partial charge in [-0.3, -0.25) is 9.59 Å². The van der Waals surface area contributed by atoms with Crippen molar-refractivity contribution in [3.05, 3.63) is 35.4 Å². The Morgan fingerprint density at radius 1 is 1.12 bits per heavy atom. The Morgan fingerprint density at radius 2 is 1.69 bits per heavy atom. The molecule has 0 radical (unpaired) electrons. The number of nitrogens with one attached hydrogen (secondary N) is 1. The molecule has 3 heteroatoms. The van der Waals surface area contributed by atoms with Crippen LogP contribution in [0.25, 0.3) is 0 Å². The predicted molar refractivity (Wildman–Crippen MR) is 63.2 cm³/mol. The lowest BCUT2D eigenvalue weighted by Gasteiger charge is -2.04. The normalized spacial score (nSPS) is 9.88. The lowest BCUT2D eigenvalue weighted by Crippen LogP contribution is -2.29. The number of Topliss-reactive ketones (excluding diaryl/α,β-unsaturated/α-hetero) is 1. The van der Waals surface area contributed by atoms with Crippen LogP contribution in [0, 0.1) is 0 Å². The summed E-state index contributed by atoms with van der Waals surface area (Å²) in [6, 6.07) is 7.94. The minimum atomic E-state index is -0.112. The summed E-state index contributed by atoms with van der Waals surface area (Å²) in [6.07, 6.45) is 1.33. The third kappa shape index (κ3) is 4.26. The summed E-state index contributed by atoms with van der Waals surface area (Å²) in [7, 11) is 0. The van der Waals surface area contributed by atoms with Gasteiger partial charge in [0.25, 0.3) is 0 Å². The lowest BCUT2D eigenvalue weighted by molar-refractivity contribution is -0.124. The molecule has 0 atom stereocenters. The van der Waals surface area contributed by atoms with Crippen molar-refractivity contribution in [1.82, 2.24) is 5.32 Å². The molecule has 0 fully saturated rings. The van der Waals surface area contributed by atoms with Crippen molar-refractivity contribution in [1.29, 1.82) is 0 Å². The first-order valence-electron chi connectivity index (χ1n) is 5.45. The van der Waals surface area contributed by atoms with E-state index in [4.69, 9.17) is 0 Å². The average Bonchev–Trinajstić information content (AvgIpc) is 2.27. The van der Waals surface area contributed by atoms with E-state index in [9.17, 15) is 9.59 Å². The van der Waals surface area contributed by atoms with Gasteiger partial charge >= 0.3 is 0 Å². The Kier molecular flexibility index (Phi) is 4.70. The summed E-state index contributed by atoms with van der Waals surface area (Å²) in [4.78, 5) is 22.1. The standard InChI is InChI=1S/C13H17NO2/c1-3-11-4-6-12(7-5-11)8-13(16)14-9-10(2)15/h4-7H,3,8-9H2,1-2H3,(H,14,16). The summed E-state index contributed by atoms with van der Waals surface area (Å²) in [5, 5.41) is 2.57. The second-order valence-corrected chi connectivity index (χ2v) is 3.83. The summed E-state index contributed by atoms with van der Waals surface area (Å²) < 4.78 is 0. The van der Waals surface area contributed by atoms with E-state index in [-0.39, 0.29) is 18.2 Å². The average molecular weight is 219 g/mol. The van der Waals surface area contributed by atoms with E-state index in [1.165, 1.54) is 12.5 Å². The number of hydrogen-bond donors (Lipinski definition) is 1. The van der Waals surface area contributed by atoms with E-state index in [2.05, 4.69) is 12.2 Å². The van der Waals surface area contributed by atoms with Gasteiger partial charge in [-0.1, -0.05) is 31.2 Å². The number of rotatable bonds is 5. The topological polar surface area (TPSA) is 46.2 Å². The highest BCUT2D eigenvalue weighted by molar-refractivity contribution is 5.85. The highest BCUT2D eigenvalue weighted by Gasteiger charge is 2.03. The Morgan fingerprint density at radius 3 is 2.19 bits per heavy atom. The monoisotopic (exact) mass is 219 g/mol. The highest BCUT2D eigenvalue weighted by atomic mass is 16.2. The molecule has 0 aliphatic carbocycles. The van der Waals surface area contributed by atoms with Gasteiger partial charge in [-0.25, -0.2) is 0 Å². The van der Waals surface area contributed by atoms with Crippen molar-refractivity contribution in [3.63, 3.8) is 0 Å². The molecule has 0 aliphatic rings. The molecule has 0 spiro atoms. The first-order valence-corrected chi connectivity index (χ1v) is 5.45. The highest BCUT2D eigenvalue weighted by Crippen LogP contribution is 2.05. The zero-order valence-corrected chi connectivity index (χ0v) is 9.75. The number of ketones is 1. The molecule has 1 N–H and O–H groups in total. The zero-order chi connectivity index (χ0) is 12.0. The molecule has 1 aromatic rings. The van der Waals surface area contributed by atoms with Crippen molar-refractivity contribution in [3.8, 4) is 0 Å². The molecular weight excluding hydrogens is 202 g/mol. The van der Waals surface area contributed by atoms with Crippen LogP contribution in [0.3, 0.4) is 0 Å². The molecule has 3 nitrogen and oxygen atoms in total. The van der Waals surface area contributed by atoms with Crippen LogP contribution in [-0.2, 0) is 22.4 Å².